The molecule has 0 aliphatic carbocycles. The van der Waals surface area contributed by atoms with Gasteiger partial charge in [-0.3, -0.25) is 0 Å². The van der Waals surface area contributed by atoms with E-state index in [1.165, 1.54) is 7.05 Å². The summed E-state index contributed by atoms with van der Waals surface area (Å²) in [5, 5.41) is 3.06. The van der Waals surface area contributed by atoms with Crippen LogP contribution in [0.25, 0.3) is 0 Å². The van der Waals surface area contributed by atoms with Gasteiger partial charge in [0.1, 0.15) is 6.61 Å². The van der Waals surface area contributed by atoms with Gasteiger partial charge in [0.05, 0.1) is 6.61 Å². The fourth-order valence-corrected chi connectivity index (χ4v) is 2.20. The van der Waals surface area contributed by atoms with Crippen LogP contribution in [-0.2, 0) is 14.9 Å². The van der Waals surface area contributed by atoms with E-state index in [0.29, 0.717) is 19.5 Å². The summed E-state index contributed by atoms with van der Waals surface area (Å²) in [5.74, 6) is 0. The molecule has 6 nitrogen and oxygen atoms in total. The minimum absolute atomic E-state index is 0.198. The molecule has 0 aromatic rings. The molecule has 0 aromatic heterocycles. The Morgan fingerprint density at radius 1 is 1.25 bits per heavy atom. The van der Waals surface area contributed by atoms with Gasteiger partial charge < -0.3 is 10.1 Å². The molecule has 0 saturated heterocycles. The Hall–Kier alpha value is -0.420. The lowest BCUT2D eigenvalue weighted by atomic mass is 10.4. The lowest BCUT2D eigenvalue weighted by Gasteiger charge is -2.17. The van der Waals surface area contributed by atoms with Crippen LogP contribution in [0.4, 0.5) is 13.2 Å². The fourth-order valence-electron chi connectivity index (χ4n) is 1.26. The zero-order chi connectivity index (χ0) is 15.6. The van der Waals surface area contributed by atoms with Crippen LogP contribution in [0.3, 0.4) is 0 Å². The summed E-state index contributed by atoms with van der Waals surface area (Å²) in [7, 11) is -2.26. The zero-order valence-electron chi connectivity index (χ0n) is 11.7. The predicted octanol–water partition coefficient (Wildman–Crippen LogP) is 0.331. The lowest BCUT2D eigenvalue weighted by Crippen LogP contribution is -2.40. The molecule has 122 valence electrons. The largest absolute Gasteiger partial charge is 0.411 e. The van der Waals surface area contributed by atoms with Gasteiger partial charge in [0, 0.05) is 20.1 Å². The molecule has 0 spiro atoms. The normalized spacial score (nSPS) is 13.1. The van der Waals surface area contributed by atoms with E-state index in [1.54, 1.807) is 0 Å². The number of alkyl halides is 3. The van der Waals surface area contributed by atoms with E-state index in [1.807, 2.05) is 6.92 Å². The Morgan fingerprint density at radius 3 is 2.45 bits per heavy atom. The van der Waals surface area contributed by atoms with Crippen LogP contribution >= 0.6 is 0 Å². The maximum atomic E-state index is 11.8. The van der Waals surface area contributed by atoms with Crippen molar-refractivity contribution >= 4 is 10.2 Å². The molecule has 10 heteroatoms. The molecular weight excluding hydrogens is 299 g/mol. The summed E-state index contributed by atoms with van der Waals surface area (Å²) in [6, 6.07) is 0. The zero-order valence-corrected chi connectivity index (χ0v) is 12.5. The molecule has 0 rings (SSSR count). The highest BCUT2D eigenvalue weighted by Crippen LogP contribution is 2.13. The average Bonchev–Trinajstić information content (AvgIpc) is 2.32. The van der Waals surface area contributed by atoms with Crippen LogP contribution in [0, 0.1) is 0 Å². The van der Waals surface area contributed by atoms with E-state index >= 15 is 0 Å². The van der Waals surface area contributed by atoms with Crippen molar-refractivity contribution < 1.29 is 26.3 Å². The third-order valence-electron chi connectivity index (χ3n) is 2.28. The van der Waals surface area contributed by atoms with Crippen LogP contribution in [0.5, 0.6) is 0 Å². The standard InChI is InChI=1S/C10H22F3N3O3S/c1-3-14-5-4-7-16(2)20(17,18)15-6-8-19-9-10(11,12)13/h14-15H,3-9H2,1-2H3. The fraction of sp³-hybridized carbons (Fsp3) is 1.00. The third-order valence-corrected chi connectivity index (χ3v) is 3.86. The first-order valence-corrected chi connectivity index (χ1v) is 7.69. The molecule has 0 atom stereocenters. The monoisotopic (exact) mass is 321 g/mol. The second-order valence-electron chi connectivity index (χ2n) is 4.10. The molecule has 0 bridgehead atoms. The topological polar surface area (TPSA) is 70.7 Å². The van der Waals surface area contributed by atoms with Crippen LogP contribution in [-0.4, -0.2) is 65.3 Å². The van der Waals surface area contributed by atoms with Gasteiger partial charge in [-0.25, -0.2) is 0 Å². The number of hydrogen-bond acceptors (Lipinski definition) is 4. The van der Waals surface area contributed by atoms with Crippen LogP contribution < -0.4 is 10.0 Å². The molecule has 0 saturated carbocycles. The maximum absolute atomic E-state index is 11.8. The Morgan fingerprint density at radius 2 is 1.90 bits per heavy atom. The highest BCUT2D eigenvalue weighted by Gasteiger charge is 2.27. The first kappa shape index (κ1) is 19.6. The van der Waals surface area contributed by atoms with E-state index in [9.17, 15) is 21.6 Å². The molecule has 0 unspecified atom stereocenters. The quantitative estimate of drug-likeness (QED) is 0.538. The summed E-state index contributed by atoms with van der Waals surface area (Å²) in [4.78, 5) is 0. The van der Waals surface area contributed by atoms with Gasteiger partial charge in [0.2, 0.25) is 0 Å². The number of hydrogen-bond donors (Lipinski definition) is 2. The van der Waals surface area contributed by atoms with Crippen molar-refractivity contribution in [3.8, 4) is 0 Å². The Labute approximate surface area is 117 Å². The molecule has 0 aliphatic rings. The van der Waals surface area contributed by atoms with Crippen molar-refractivity contribution in [3.63, 3.8) is 0 Å². The molecule has 0 aromatic carbocycles. The third kappa shape index (κ3) is 10.4. The van der Waals surface area contributed by atoms with Crippen molar-refractivity contribution in [2.45, 2.75) is 19.5 Å². The van der Waals surface area contributed by atoms with Gasteiger partial charge in [0.15, 0.2) is 0 Å². The first-order chi connectivity index (χ1) is 9.19. The average molecular weight is 321 g/mol. The van der Waals surface area contributed by atoms with Crippen molar-refractivity contribution in [2.75, 3.05) is 46.4 Å². The number of nitrogens with zero attached hydrogens (tertiary/aromatic N) is 1. The van der Waals surface area contributed by atoms with Crippen molar-refractivity contribution in [1.82, 2.24) is 14.3 Å². The van der Waals surface area contributed by atoms with Crippen LogP contribution in [0.2, 0.25) is 0 Å². The summed E-state index contributed by atoms with van der Waals surface area (Å²) in [6.07, 6.45) is -3.75. The van der Waals surface area contributed by atoms with Crippen molar-refractivity contribution in [1.29, 1.82) is 0 Å². The molecule has 0 aliphatic heterocycles. The number of nitrogens with one attached hydrogen (secondary N) is 2. The molecule has 0 heterocycles. The second kappa shape index (κ2) is 9.50. The molecular formula is C10H22F3N3O3S. The van der Waals surface area contributed by atoms with Gasteiger partial charge in [-0.15, -0.1) is 0 Å². The molecule has 20 heavy (non-hydrogen) atoms. The highest BCUT2D eigenvalue weighted by atomic mass is 32.2. The second-order valence-corrected chi connectivity index (χ2v) is 5.96. The highest BCUT2D eigenvalue weighted by molar-refractivity contribution is 7.87. The summed E-state index contributed by atoms with van der Waals surface area (Å²) in [6.45, 7) is 1.87. The van der Waals surface area contributed by atoms with Gasteiger partial charge in [-0.1, -0.05) is 6.92 Å². The summed E-state index contributed by atoms with van der Waals surface area (Å²) < 4.78 is 66.2. The van der Waals surface area contributed by atoms with Gasteiger partial charge in [0.25, 0.3) is 10.2 Å². The van der Waals surface area contributed by atoms with Gasteiger partial charge in [-0.05, 0) is 19.5 Å². The van der Waals surface area contributed by atoms with E-state index < -0.39 is 23.0 Å². The molecule has 0 amide bonds. The summed E-state index contributed by atoms with van der Waals surface area (Å²) >= 11 is 0. The Bertz CT molecular complexity index is 349. The first-order valence-electron chi connectivity index (χ1n) is 6.25. The molecule has 2 N–H and O–H groups in total. The van der Waals surface area contributed by atoms with Gasteiger partial charge >= 0.3 is 6.18 Å². The lowest BCUT2D eigenvalue weighted by molar-refractivity contribution is -0.173. The molecule has 0 fully saturated rings. The number of halogens is 3. The maximum Gasteiger partial charge on any atom is 0.411 e. The van der Waals surface area contributed by atoms with E-state index in [-0.39, 0.29) is 13.2 Å². The smallest absolute Gasteiger partial charge is 0.371 e. The van der Waals surface area contributed by atoms with E-state index in [2.05, 4.69) is 14.8 Å². The molecule has 0 radical (unpaired) electrons. The minimum atomic E-state index is -4.40. The Balaban J connectivity index is 3.83. The Kier molecular flexibility index (Phi) is 9.30. The SMILES string of the molecule is CCNCCCN(C)S(=O)(=O)NCCOCC(F)(F)F. The van der Waals surface area contributed by atoms with Crippen LogP contribution in [0.1, 0.15) is 13.3 Å². The number of rotatable bonds is 11. The predicted molar refractivity (Wildman–Crippen MR) is 69.6 cm³/mol. The van der Waals surface area contributed by atoms with Crippen molar-refractivity contribution in [2.24, 2.45) is 0 Å². The van der Waals surface area contributed by atoms with Crippen LogP contribution in [0.15, 0.2) is 0 Å². The summed E-state index contributed by atoms with van der Waals surface area (Å²) in [5.41, 5.74) is 0. The van der Waals surface area contributed by atoms with Gasteiger partial charge in [-0.2, -0.15) is 30.6 Å². The van der Waals surface area contributed by atoms with Crippen molar-refractivity contribution in [3.05, 3.63) is 0 Å². The minimum Gasteiger partial charge on any atom is -0.371 e. The van der Waals surface area contributed by atoms with E-state index in [0.717, 1.165) is 10.8 Å². The van der Waals surface area contributed by atoms with E-state index in [4.69, 9.17) is 0 Å². The number of ether oxygens (including phenoxy) is 1.